The van der Waals surface area contributed by atoms with Crippen LogP contribution in [0, 0.1) is 0 Å². The van der Waals surface area contributed by atoms with Crippen LogP contribution < -0.4 is 5.32 Å². The fourth-order valence-corrected chi connectivity index (χ4v) is 3.54. The summed E-state index contributed by atoms with van der Waals surface area (Å²) in [4.78, 5) is 15.6. The number of hydrogen-bond donors (Lipinski definition) is 1. The largest absolute Gasteiger partial charge is 0.381 e. The molecule has 1 amide bonds. The van der Waals surface area contributed by atoms with Crippen LogP contribution in [0.2, 0.25) is 0 Å². The molecule has 2 unspecified atom stereocenters. The van der Waals surface area contributed by atoms with Crippen molar-refractivity contribution in [1.29, 1.82) is 0 Å². The Bertz CT molecular complexity index is 415. The molecule has 0 spiro atoms. The van der Waals surface area contributed by atoms with Crippen LogP contribution in [0.4, 0.5) is 0 Å². The predicted octanol–water partition coefficient (Wildman–Crippen LogP) is 1.75. The van der Waals surface area contributed by atoms with Crippen molar-refractivity contribution in [3.8, 4) is 0 Å². The maximum absolute atomic E-state index is 12.3. The highest BCUT2D eigenvalue weighted by atomic mass is 32.1. The van der Waals surface area contributed by atoms with E-state index in [4.69, 9.17) is 4.74 Å². The molecule has 1 aromatic rings. The number of carbonyl (C=O) groups excluding carboxylic acids is 1. The van der Waals surface area contributed by atoms with Gasteiger partial charge in [0.2, 0.25) is 5.91 Å². The van der Waals surface area contributed by atoms with Crippen LogP contribution in [0.15, 0.2) is 17.5 Å². The summed E-state index contributed by atoms with van der Waals surface area (Å²) >= 11 is 1.70. The van der Waals surface area contributed by atoms with Crippen molar-refractivity contribution in [1.82, 2.24) is 10.2 Å². The zero-order valence-electron chi connectivity index (χ0n) is 10.5. The molecule has 2 aliphatic heterocycles. The monoisotopic (exact) mass is 266 g/mol. The Morgan fingerprint density at radius 1 is 1.44 bits per heavy atom. The van der Waals surface area contributed by atoms with Crippen LogP contribution in [0.1, 0.15) is 30.8 Å². The third-order valence-electron chi connectivity index (χ3n) is 3.71. The minimum atomic E-state index is -0.0834. The average molecular weight is 266 g/mol. The molecule has 4 nitrogen and oxygen atoms in total. The molecule has 2 atom stereocenters. The Kier molecular flexibility index (Phi) is 3.37. The SMILES string of the molecule is CC1NC(c2cccs2)N(C2CCOCC2)C1=O. The van der Waals surface area contributed by atoms with Crippen molar-refractivity contribution in [3.05, 3.63) is 22.4 Å². The van der Waals surface area contributed by atoms with Gasteiger partial charge in [-0.25, -0.2) is 0 Å². The van der Waals surface area contributed by atoms with Crippen LogP contribution in [-0.2, 0) is 9.53 Å². The van der Waals surface area contributed by atoms with E-state index in [2.05, 4.69) is 16.8 Å². The van der Waals surface area contributed by atoms with Crippen molar-refractivity contribution in [3.63, 3.8) is 0 Å². The van der Waals surface area contributed by atoms with Gasteiger partial charge < -0.3 is 9.64 Å². The number of rotatable bonds is 2. The van der Waals surface area contributed by atoms with Crippen LogP contribution in [0.5, 0.6) is 0 Å². The highest BCUT2D eigenvalue weighted by Crippen LogP contribution is 2.32. The molecule has 5 heteroatoms. The van der Waals surface area contributed by atoms with Gasteiger partial charge in [0, 0.05) is 24.1 Å². The summed E-state index contributed by atoms with van der Waals surface area (Å²) in [5, 5.41) is 5.46. The standard InChI is InChI=1S/C13H18N2O2S/c1-9-13(16)15(10-4-6-17-7-5-10)12(14-9)11-3-2-8-18-11/h2-3,8-10,12,14H,4-7H2,1H3. The molecule has 1 aromatic heterocycles. The van der Waals surface area contributed by atoms with E-state index in [1.165, 1.54) is 4.88 Å². The molecule has 1 N–H and O–H groups in total. The van der Waals surface area contributed by atoms with Gasteiger partial charge in [0.25, 0.3) is 0 Å². The minimum Gasteiger partial charge on any atom is -0.381 e. The van der Waals surface area contributed by atoms with E-state index in [0.717, 1.165) is 26.1 Å². The van der Waals surface area contributed by atoms with Crippen LogP contribution in [0.25, 0.3) is 0 Å². The van der Waals surface area contributed by atoms with E-state index in [1.54, 1.807) is 11.3 Å². The second-order valence-electron chi connectivity index (χ2n) is 4.90. The van der Waals surface area contributed by atoms with Gasteiger partial charge in [-0.1, -0.05) is 6.07 Å². The quantitative estimate of drug-likeness (QED) is 0.886. The van der Waals surface area contributed by atoms with Gasteiger partial charge in [0.05, 0.1) is 6.04 Å². The normalized spacial score (nSPS) is 30.1. The van der Waals surface area contributed by atoms with Crippen LogP contribution in [-0.4, -0.2) is 36.1 Å². The molecule has 2 aliphatic rings. The molecule has 18 heavy (non-hydrogen) atoms. The highest BCUT2D eigenvalue weighted by Gasteiger charge is 2.41. The Morgan fingerprint density at radius 3 is 2.89 bits per heavy atom. The Morgan fingerprint density at radius 2 is 2.22 bits per heavy atom. The number of thiophene rings is 1. The Labute approximate surface area is 111 Å². The highest BCUT2D eigenvalue weighted by molar-refractivity contribution is 7.10. The molecule has 0 aliphatic carbocycles. The maximum atomic E-state index is 12.3. The third-order valence-corrected chi connectivity index (χ3v) is 4.63. The minimum absolute atomic E-state index is 0.0515. The number of ether oxygens (including phenoxy) is 1. The number of nitrogens with one attached hydrogen (secondary N) is 1. The molecule has 3 heterocycles. The average Bonchev–Trinajstić information content (AvgIpc) is 3.00. The lowest BCUT2D eigenvalue weighted by atomic mass is 10.1. The molecule has 2 saturated heterocycles. The first-order valence-corrected chi connectivity index (χ1v) is 7.34. The molecule has 2 fully saturated rings. The zero-order chi connectivity index (χ0) is 12.5. The van der Waals surface area contributed by atoms with E-state index in [9.17, 15) is 4.79 Å². The molecule has 0 aromatic carbocycles. The number of hydrogen-bond acceptors (Lipinski definition) is 4. The van der Waals surface area contributed by atoms with Crippen molar-refractivity contribution >= 4 is 17.2 Å². The van der Waals surface area contributed by atoms with E-state index < -0.39 is 0 Å². The molecular weight excluding hydrogens is 248 g/mol. The Hall–Kier alpha value is -0.910. The summed E-state index contributed by atoms with van der Waals surface area (Å²) < 4.78 is 5.39. The molecule has 0 saturated carbocycles. The van der Waals surface area contributed by atoms with E-state index in [-0.39, 0.29) is 18.1 Å². The molecule has 0 radical (unpaired) electrons. The van der Waals surface area contributed by atoms with Crippen molar-refractivity contribution < 1.29 is 9.53 Å². The lowest BCUT2D eigenvalue weighted by molar-refractivity contribution is -0.133. The second-order valence-corrected chi connectivity index (χ2v) is 5.87. The van der Waals surface area contributed by atoms with Gasteiger partial charge in [-0.05, 0) is 31.2 Å². The zero-order valence-corrected chi connectivity index (χ0v) is 11.3. The molecular formula is C13H18N2O2S. The number of nitrogens with zero attached hydrogens (tertiary/aromatic N) is 1. The van der Waals surface area contributed by atoms with E-state index in [1.807, 2.05) is 17.9 Å². The summed E-state index contributed by atoms with van der Waals surface area (Å²) in [6.45, 7) is 3.47. The van der Waals surface area contributed by atoms with Crippen LogP contribution in [0.3, 0.4) is 0 Å². The van der Waals surface area contributed by atoms with E-state index in [0.29, 0.717) is 6.04 Å². The summed E-state index contributed by atoms with van der Waals surface area (Å²) in [5.74, 6) is 0.223. The fourth-order valence-electron chi connectivity index (χ4n) is 2.76. The number of amides is 1. The maximum Gasteiger partial charge on any atom is 0.241 e. The summed E-state index contributed by atoms with van der Waals surface area (Å²) in [7, 11) is 0. The first-order valence-electron chi connectivity index (χ1n) is 6.47. The third kappa shape index (κ3) is 2.06. The van der Waals surface area contributed by atoms with Crippen LogP contribution >= 0.6 is 11.3 Å². The first-order chi connectivity index (χ1) is 8.77. The topological polar surface area (TPSA) is 41.6 Å². The van der Waals surface area contributed by atoms with Crippen molar-refractivity contribution in [2.24, 2.45) is 0 Å². The first kappa shape index (κ1) is 12.1. The van der Waals surface area contributed by atoms with Crippen molar-refractivity contribution in [2.75, 3.05) is 13.2 Å². The second kappa shape index (κ2) is 4.99. The summed E-state index contributed by atoms with van der Waals surface area (Å²) in [6.07, 6.45) is 1.94. The predicted molar refractivity (Wildman–Crippen MR) is 70.3 cm³/mol. The van der Waals surface area contributed by atoms with Gasteiger partial charge in [0.15, 0.2) is 0 Å². The van der Waals surface area contributed by atoms with Gasteiger partial charge >= 0.3 is 0 Å². The summed E-state index contributed by atoms with van der Waals surface area (Å²) in [6, 6.07) is 4.37. The van der Waals surface area contributed by atoms with Crippen molar-refractivity contribution in [2.45, 2.75) is 38.0 Å². The van der Waals surface area contributed by atoms with Gasteiger partial charge in [-0.3, -0.25) is 10.1 Å². The smallest absolute Gasteiger partial charge is 0.241 e. The molecule has 98 valence electrons. The molecule has 0 bridgehead atoms. The molecule has 3 rings (SSSR count). The van der Waals surface area contributed by atoms with E-state index >= 15 is 0 Å². The lowest BCUT2D eigenvalue weighted by Gasteiger charge is -2.34. The lowest BCUT2D eigenvalue weighted by Crippen LogP contribution is -2.42. The number of carbonyl (C=O) groups is 1. The van der Waals surface area contributed by atoms with Gasteiger partial charge in [-0.2, -0.15) is 0 Å². The van der Waals surface area contributed by atoms with Gasteiger partial charge in [0.1, 0.15) is 6.17 Å². The Balaban J connectivity index is 1.85. The fraction of sp³-hybridized carbons (Fsp3) is 0.615. The summed E-state index contributed by atoms with van der Waals surface area (Å²) in [5.41, 5.74) is 0. The van der Waals surface area contributed by atoms with Gasteiger partial charge in [-0.15, -0.1) is 11.3 Å².